The minimum absolute atomic E-state index is 0.0283. The molecule has 2 aliphatic rings. The zero-order valence-corrected chi connectivity index (χ0v) is 39.1. The molecule has 1 saturated carbocycles. The maximum atomic E-state index is 13.9. The van der Waals surface area contributed by atoms with Crippen molar-refractivity contribution in [3.63, 3.8) is 0 Å². The molecule has 1 heterocycles. The number of unbranched alkanes of at least 4 members (excludes halogenated alkanes) is 3. The molecule has 1 saturated heterocycles. The fourth-order valence-electron chi connectivity index (χ4n) is 9.25. The van der Waals surface area contributed by atoms with Gasteiger partial charge in [-0.1, -0.05) is 97.2 Å². The number of hydrogen-bond donors (Lipinski definition) is 4. The summed E-state index contributed by atoms with van der Waals surface area (Å²) in [6, 6.07) is 21.3. The van der Waals surface area contributed by atoms with Crippen molar-refractivity contribution in [3.8, 4) is 17.9 Å². The van der Waals surface area contributed by atoms with Crippen molar-refractivity contribution in [2.75, 3.05) is 19.8 Å². The van der Waals surface area contributed by atoms with E-state index in [2.05, 4.69) is 55.8 Å². The lowest BCUT2D eigenvalue weighted by Gasteiger charge is -2.63. The van der Waals surface area contributed by atoms with Crippen molar-refractivity contribution >= 4 is 35.2 Å². The first-order valence-electron chi connectivity index (χ1n) is 22.1. The number of carbonyl (C=O) groups is 4. The van der Waals surface area contributed by atoms with E-state index >= 15 is 0 Å². The Morgan fingerprint density at radius 1 is 0.906 bits per heavy atom. The van der Waals surface area contributed by atoms with Crippen LogP contribution in [0.25, 0.3) is 0 Å². The van der Waals surface area contributed by atoms with Gasteiger partial charge in [0.2, 0.25) is 17.7 Å². The topological polar surface area (TPSA) is 194 Å². The first kappa shape index (κ1) is 49.5. The van der Waals surface area contributed by atoms with Gasteiger partial charge in [-0.3, -0.25) is 19.2 Å². The Morgan fingerprint density at radius 3 is 2.17 bits per heavy atom. The Labute approximate surface area is 382 Å². The van der Waals surface area contributed by atoms with Crippen LogP contribution >= 0.6 is 11.6 Å². The van der Waals surface area contributed by atoms with Gasteiger partial charge in [-0.15, -0.1) is 0 Å². The number of likely N-dealkylation sites (tertiary alicyclic amines) is 1. The van der Waals surface area contributed by atoms with Gasteiger partial charge in [0.25, 0.3) is 5.91 Å². The number of benzene rings is 3. The van der Waals surface area contributed by atoms with E-state index in [0.29, 0.717) is 34.1 Å². The fourth-order valence-corrected chi connectivity index (χ4v) is 9.46. The molecule has 4 amide bonds. The van der Waals surface area contributed by atoms with Gasteiger partial charge >= 0.3 is 0 Å². The number of carbonyl (C=O) groups excluding carboxylic acids is 4. The van der Waals surface area contributed by atoms with Crippen LogP contribution in [0, 0.1) is 38.9 Å². The largest absolute Gasteiger partial charge is 0.489 e. The summed E-state index contributed by atoms with van der Waals surface area (Å²) < 4.78 is 12.0. The molecular weight excluding hydrogens is 832 g/mol. The highest BCUT2D eigenvalue weighted by atomic mass is 35.5. The van der Waals surface area contributed by atoms with Gasteiger partial charge in [0.05, 0.1) is 34.4 Å². The van der Waals surface area contributed by atoms with E-state index in [0.717, 1.165) is 43.2 Å². The van der Waals surface area contributed by atoms with E-state index in [9.17, 15) is 29.5 Å². The van der Waals surface area contributed by atoms with Crippen LogP contribution in [0.15, 0.2) is 66.7 Å². The number of nitrogens with zero attached hydrogens (tertiary/aromatic N) is 3. The fraction of sp³-hybridized carbons (Fsp3) is 0.520. The second kappa shape index (κ2) is 21.0. The summed E-state index contributed by atoms with van der Waals surface area (Å²) in [5.74, 6) is -0.852. The van der Waals surface area contributed by atoms with E-state index in [4.69, 9.17) is 26.3 Å². The van der Waals surface area contributed by atoms with Gasteiger partial charge < -0.3 is 35.4 Å². The Morgan fingerprint density at radius 2 is 1.56 bits per heavy atom. The zero-order chi connectivity index (χ0) is 47.0. The van der Waals surface area contributed by atoms with E-state index in [1.54, 1.807) is 42.5 Å². The Balaban J connectivity index is 1.000. The van der Waals surface area contributed by atoms with E-state index in [1.165, 1.54) is 4.90 Å². The number of aliphatic hydroxyl groups excluding tert-OH is 1. The molecule has 0 bridgehead atoms. The van der Waals surface area contributed by atoms with Crippen LogP contribution in [-0.2, 0) is 25.5 Å². The van der Waals surface area contributed by atoms with Crippen LogP contribution in [0.3, 0.4) is 0 Å². The maximum absolute atomic E-state index is 13.9. The highest BCUT2D eigenvalue weighted by Gasteiger charge is 2.64. The summed E-state index contributed by atoms with van der Waals surface area (Å²) in [4.78, 5) is 55.1. The average Bonchev–Trinajstić information content (AvgIpc) is 3.65. The molecule has 1 aliphatic heterocycles. The van der Waals surface area contributed by atoms with Crippen molar-refractivity contribution in [3.05, 3.63) is 99.6 Å². The lowest BCUT2D eigenvalue weighted by Crippen LogP contribution is -2.74. The van der Waals surface area contributed by atoms with Crippen molar-refractivity contribution in [1.82, 2.24) is 20.9 Å². The third-order valence-corrected chi connectivity index (χ3v) is 12.9. The molecule has 14 heteroatoms. The molecule has 0 spiro atoms. The summed E-state index contributed by atoms with van der Waals surface area (Å²) in [7, 11) is 0. The van der Waals surface area contributed by atoms with Crippen LogP contribution < -0.4 is 20.7 Å². The number of ether oxygens (including phenoxy) is 2. The second-order valence-electron chi connectivity index (χ2n) is 19.4. The molecule has 342 valence electrons. The maximum Gasteiger partial charge on any atom is 0.251 e. The van der Waals surface area contributed by atoms with E-state index in [1.807, 2.05) is 52.0 Å². The molecular formula is C50H63ClN6O7. The standard InChI is InChI=1S/C50H63ClN6O7/c1-31(34-18-16-33(27-52)17-19-34)54-44(61)40-25-37(58)29-57(40)45(62)42(48(2,3)4)55-41(59)30-63-24-12-10-9-11-13-32-14-20-35(21-15-32)43(60)56-46-49(5,6)47(50(46,7)8)64-38-23-22-36(28-53)39(51)26-38/h14-23,26,31,37,40,42,46-47,58H,9-13,24-25,29-30H2,1-8H3,(H,54,61)(H,55,59)(H,56,60)/t31-,37+,40-,42+,46?,47?/m0/s1. The number of aryl methyl sites for hydroxylation is 1. The summed E-state index contributed by atoms with van der Waals surface area (Å²) >= 11 is 6.24. The van der Waals surface area contributed by atoms with Crippen molar-refractivity contribution < 1.29 is 33.8 Å². The lowest BCUT2D eigenvalue weighted by atomic mass is 9.49. The van der Waals surface area contributed by atoms with Gasteiger partial charge in [-0.05, 0) is 79.1 Å². The van der Waals surface area contributed by atoms with Crippen LogP contribution in [0.1, 0.15) is 126 Å². The molecule has 0 radical (unpaired) electrons. The number of hydrogen-bond acceptors (Lipinski definition) is 9. The minimum Gasteiger partial charge on any atom is -0.489 e. The lowest BCUT2D eigenvalue weighted by molar-refractivity contribution is -0.164. The molecule has 1 aliphatic carbocycles. The number of nitrogens with one attached hydrogen (secondary N) is 3. The van der Waals surface area contributed by atoms with Gasteiger partial charge in [0.1, 0.15) is 36.6 Å². The quantitative estimate of drug-likeness (QED) is 0.0957. The summed E-state index contributed by atoms with van der Waals surface area (Å²) in [5.41, 5.74) is 1.99. The highest BCUT2D eigenvalue weighted by molar-refractivity contribution is 6.31. The van der Waals surface area contributed by atoms with Crippen molar-refractivity contribution in [2.45, 2.75) is 130 Å². The van der Waals surface area contributed by atoms with Crippen LogP contribution in [0.4, 0.5) is 0 Å². The number of aliphatic hydroxyl groups is 1. The molecule has 3 aromatic carbocycles. The monoisotopic (exact) mass is 894 g/mol. The van der Waals surface area contributed by atoms with Crippen LogP contribution in [-0.4, -0.2) is 83.7 Å². The smallest absolute Gasteiger partial charge is 0.251 e. The number of nitriles is 2. The molecule has 3 aromatic rings. The van der Waals surface area contributed by atoms with Gasteiger partial charge in [0.15, 0.2) is 0 Å². The Bertz CT molecular complexity index is 2210. The number of halogens is 1. The molecule has 2 fully saturated rings. The SMILES string of the molecule is C[C@H](NC(=O)[C@@H]1C[C@@H](O)CN1C(=O)[C@@H](NC(=O)COCCCCCCc1ccc(C(=O)NC2C(C)(C)C(Oc3ccc(C#N)c(Cl)c3)C2(C)C)cc1)C(C)(C)C)c1ccc(C#N)cc1. The highest BCUT2D eigenvalue weighted by Crippen LogP contribution is 2.55. The third kappa shape index (κ3) is 12.0. The predicted molar refractivity (Wildman–Crippen MR) is 244 cm³/mol. The van der Waals surface area contributed by atoms with Gasteiger partial charge in [-0.25, -0.2) is 0 Å². The molecule has 4 N–H and O–H groups in total. The summed E-state index contributed by atoms with van der Waals surface area (Å²) in [5, 5.41) is 38.2. The van der Waals surface area contributed by atoms with Crippen molar-refractivity contribution in [1.29, 1.82) is 10.5 Å². The second-order valence-corrected chi connectivity index (χ2v) is 19.8. The van der Waals surface area contributed by atoms with Crippen LogP contribution in [0.5, 0.6) is 5.75 Å². The molecule has 5 rings (SSSR count). The normalized spacial score (nSPS) is 20.7. The third-order valence-electron chi connectivity index (χ3n) is 12.6. The minimum atomic E-state index is -0.957. The molecule has 13 nitrogen and oxygen atoms in total. The van der Waals surface area contributed by atoms with Crippen molar-refractivity contribution in [2.24, 2.45) is 16.2 Å². The molecule has 0 aromatic heterocycles. The summed E-state index contributed by atoms with van der Waals surface area (Å²) in [6.45, 7) is 15.7. The van der Waals surface area contributed by atoms with Gasteiger partial charge in [-0.2, -0.15) is 10.5 Å². The number of β-amino-alcohol motifs (C(OH)–C–C–N with tert-alkyl or cyclic N) is 1. The predicted octanol–water partition coefficient (Wildman–Crippen LogP) is 7.18. The Hall–Kier alpha value is -5.47. The summed E-state index contributed by atoms with van der Waals surface area (Å²) in [6.07, 6.45) is 3.45. The number of rotatable bonds is 18. The van der Waals surface area contributed by atoms with Crippen LogP contribution in [0.2, 0.25) is 5.02 Å². The first-order valence-corrected chi connectivity index (χ1v) is 22.5. The average molecular weight is 896 g/mol. The van der Waals surface area contributed by atoms with Gasteiger partial charge in [0, 0.05) is 48.1 Å². The molecule has 64 heavy (non-hydrogen) atoms. The van der Waals surface area contributed by atoms with E-state index in [-0.39, 0.29) is 48.5 Å². The molecule has 4 atom stereocenters. The van der Waals surface area contributed by atoms with E-state index < -0.39 is 47.4 Å². The first-order chi connectivity index (χ1) is 30.2. The Kier molecular flexibility index (Phi) is 16.3. The molecule has 0 unspecified atom stereocenters. The number of amides is 4. The zero-order valence-electron chi connectivity index (χ0n) is 38.3.